The predicted octanol–water partition coefficient (Wildman–Crippen LogP) is 3.23. The number of likely N-dealkylation sites (N-methyl/N-ethyl adjacent to an activating group) is 1. The highest BCUT2D eigenvalue weighted by Crippen LogP contribution is 2.26. The van der Waals surface area contributed by atoms with Crippen molar-refractivity contribution in [1.29, 1.82) is 0 Å². The average molecular weight is 371 g/mol. The smallest absolute Gasteiger partial charge is 0.241 e. The minimum Gasteiger partial charge on any atom is -0.497 e. The van der Waals surface area contributed by atoms with Crippen molar-refractivity contribution in [2.45, 2.75) is 19.5 Å². The Bertz CT molecular complexity index is 760. The van der Waals surface area contributed by atoms with E-state index in [1.165, 1.54) is 0 Å². The van der Waals surface area contributed by atoms with E-state index in [2.05, 4.69) is 5.32 Å². The molecule has 6 heteroatoms. The summed E-state index contributed by atoms with van der Waals surface area (Å²) in [5, 5.41) is 2.97. The van der Waals surface area contributed by atoms with Crippen LogP contribution in [0.15, 0.2) is 42.5 Å². The second-order valence-corrected chi connectivity index (χ2v) is 6.70. The molecule has 0 bridgehead atoms. The van der Waals surface area contributed by atoms with Crippen LogP contribution in [0.4, 0.5) is 11.4 Å². The van der Waals surface area contributed by atoms with Crippen LogP contribution < -0.4 is 19.7 Å². The van der Waals surface area contributed by atoms with E-state index < -0.39 is 0 Å². The molecule has 0 aliphatic carbocycles. The molecule has 0 saturated heterocycles. The fourth-order valence-corrected chi connectivity index (χ4v) is 2.68. The first kappa shape index (κ1) is 20.6. The summed E-state index contributed by atoms with van der Waals surface area (Å²) >= 11 is 0. The Hall–Kier alpha value is -2.73. The Morgan fingerprint density at radius 2 is 1.70 bits per heavy atom. The van der Waals surface area contributed by atoms with Crippen molar-refractivity contribution in [2.75, 3.05) is 45.6 Å². The zero-order valence-corrected chi connectivity index (χ0v) is 16.9. The van der Waals surface area contributed by atoms with Crippen molar-refractivity contribution >= 4 is 17.3 Å². The van der Waals surface area contributed by atoms with Gasteiger partial charge in [0.05, 0.1) is 20.3 Å². The molecule has 0 aliphatic heterocycles. The summed E-state index contributed by atoms with van der Waals surface area (Å²) in [5.41, 5.74) is 2.87. The van der Waals surface area contributed by atoms with Gasteiger partial charge < -0.3 is 19.7 Å². The van der Waals surface area contributed by atoms with Crippen LogP contribution in [0.25, 0.3) is 0 Å². The van der Waals surface area contributed by atoms with Gasteiger partial charge in [-0.3, -0.25) is 9.69 Å². The van der Waals surface area contributed by atoms with Gasteiger partial charge in [-0.15, -0.1) is 0 Å². The summed E-state index contributed by atoms with van der Waals surface area (Å²) in [6.45, 7) is 2.47. The maximum absolute atomic E-state index is 12.6. The summed E-state index contributed by atoms with van der Waals surface area (Å²) in [4.78, 5) is 16.6. The molecule has 1 atom stereocenters. The van der Waals surface area contributed by atoms with Crippen LogP contribution in [0.1, 0.15) is 12.5 Å². The number of nitrogens with zero attached hydrogens (tertiary/aromatic N) is 2. The van der Waals surface area contributed by atoms with Crippen molar-refractivity contribution in [3.8, 4) is 11.5 Å². The van der Waals surface area contributed by atoms with Gasteiger partial charge in [0, 0.05) is 43.6 Å². The summed E-state index contributed by atoms with van der Waals surface area (Å²) in [6.07, 6.45) is 0. The first-order valence-corrected chi connectivity index (χ1v) is 8.85. The van der Waals surface area contributed by atoms with Gasteiger partial charge in [0.2, 0.25) is 5.91 Å². The molecule has 0 aromatic heterocycles. The molecule has 1 amide bonds. The Morgan fingerprint density at radius 1 is 1.04 bits per heavy atom. The van der Waals surface area contributed by atoms with E-state index in [1.54, 1.807) is 14.2 Å². The average Bonchev–Trinajstić information content (AvgIpc) is 2.67. The lowest BCUT2D eigenvalue weighted by Crippen LogP contribution is -2.39. The molecule has 2 aromatic carbocycles. The van der Waals surface area contributed by atoms with Gasteiger partial charge in [0.25, 0.3) is 0 Å². The van der Waals surface area contributed by atoms with E-state index >= 15 is 0 Å². The fraction of sp³-hybridized carbons (Fsp3) is 0.381. The van der Waals surface area contributed by atoms with Crippen molar-refractivity contribution < 1.29 is 14.3 Å². The van der Waals surface area contributed by atoms with Crippen LogP contribution in [0, 0.1) is 0 Å². The van der Waals surface area contributed by atoms with Crippen LogP contribution in [-0.2, 0) is 11.3 Å². The number of rotatable bonds is 8. The van der Waals surface area contributed by atoms with Gasteiger partial charge in [-0.1, -0.05) is 6.07 Å². The number of carbonyl (C=O) groups excluding carboxylic acids is 1. The number of anilines is 2. The quantitative estimate of drug-likeness (QED) is 0.772. The van der Waals surface area contributed by atoms with Crippen LogP contribution in [0.5, 0.6) is 11.5 Å². The number of amides is 1. The number of benzene rings is 2. The number of ether oxygens (including phenoxy) is 2. The van der Waals surface area contributed by atoms with E-state index in [0.717, 1.165) is 28.4 Å². The molecule has 6 nitrogen and oxygen atoms in total. The fourth-order valence-electron chi connectivity index (χ4n) is 2.68. The number of carbonyl (C=O) groups is 1. The topological polar surface area (TPSA) is 54.0 Å². The van der Waals surface area contributed by atoms with E-state index in [1.807, 2.05) is 80.3 Å². The Kier molecular flexibility index (Phi) is 7.07. The maximum Gasteiger partial charge on any atom is 0.241 e. The van der Waals surface area contributed by atoms with Crippen LogP contribution in [-0.4, -0.2) is 52.2 Å². The molecule has 0 heterocycles. The molecule has 27 heavy (non-hydrogen) atoms. The Balaban J connectivity index is 2.01. The number of hydrogen-bond acceptors (Lipinski definition) is 5. The molecule has 0 fully saturated rings. The number of methoxy groups -OCH3 is 2. The second kappa shape index (κ2) is 9.28. The van der Waals surface area contributed by atoms with Gasteiger partial charge in [0.1, 0.15) is 11.5 Å². The van der Waals surface area contributed by atoms with Crippen molar-refractivity contribution in [1.82, 2.24) is 4.90 Å². The van der Waals surface area contributed by atoms with E-state index in [0.29, 0.717) is 6.54 Å². The Morgan fingerprint density at radius 3 is 2.26 bits per heavy atom. The van der Waals surface area contributed by atoms with Crippen molar-refractivity contribution in [2.24, 2.45) is 0 Å². The lowest BCUT2D eigenvalue weighted by molar-refractivity contribution is -0.120. The number of nitrogens with one attached hydrogen (secondary N) is 1. The molecule has 146 valence electrons. The lowest BCUT2D eigenvalue weighted by atomic mass is 10.1. The monoisotopic (exact) mass is 371 g/mol. The highest BCUT2D eigenvalue weighted by atomic mass is 16.5. The van der Waals surface area contributed by atoms with E-state index in [4.69, 9.17) is 9.47 Å². The summed E-state index contributed by atoms with van der Waals surface area (Å²) in [7, 11) is 9.14. The molecule has 0 unspecified atom stereocenters. The number of hydrogen-bond donors (Lipinski definition) is 1. The normalized spacial score (nSPS) is 11.8. The summed E-state index contributed by atoms with van der Waals surface area (Å²) < 4.78 is 10.7. The SMILES string of the molecule is COc1ccc(CN(C)[C@@H](C)C(=O)Nc2ccc(N(C)C)cc2)c(OC)c1. The minimum atomic E-state index is -0.301. The zero-order chi connectivity index (χ0) is 20.0. The van der Waals surface area contributed by atoms with E-state index in [-0.39, 0.29) is 11.9 Å². The third-order valence-electron chi connectivity index (χ3n) is 4.61. The maximum atomic E-state index is 12.6. The van der Waals surface area contributed by atoms with Gasteiger partial charge in [0.15, 0.2) is 0 Å². The van der Waals surface area contributed by atoms with E-state index in [9.17, 15) is 4.79 Å². The molecule has 1 N–H and O–H groups in total. The zero-order valence-electron chi connectivity index (χ0n) is 16.9. The van der Waals surface area contributed by atoms with Crippen LogP contribution in [0.2, 0.25) is 0 Å². The summed E-state index contributed by atoms with van der Waals surface area (Å²) in [6, 6.07) is 13.2. The van der Waals surface area contributed by atoms with Gasteiger partial charge in [-0.05, 0) is 44.3 Å². The third-order valence-corrected chi connectivity index (χ3v) is 4.61. The molecular formula is C21H29N3O3. The molecule has 0 spiro atoms. The molecule has 2 aromatic rings. The van der Waals surface area contributed by atoms with Crippen LogP contribution >= 0.6 is 0 Å². The largest absolute Gasteiger partial charge is 0.497 e. The van der Waals surface area contributed by atoms with Gasteiger partial charge in [-0.2, -0.15) is 0 Å². The molecule has 0 saturated carbocycles. The van der Waals surface area contributed by atoms with Crippen molar-refractivity contribution in [3.63, 3.8) is 0 Å². The predicted molar refractivity (Wildman–Crippen MR) is 110 cm³/mol. The molecule has 2 rings (SSSR count). The molecule has 0 aliphatic rings. The van der Waals surface area contributed by atoms with Crippen LogP contribution in [0.3, 0.4) is 0 Å². The third kappa shape index (κ3) is 5.37. The van der Waals surface area contributed by atoms with Gasteiger partial charge >= 0.3 is 0 Å². The first-order valence-electron chi connectivity index (χ1n) is 8.85. The first-order chi connectivity index (χ1) is 12.8. The second-order valence-electron chi connectivity index (χ2n) is 6.70. The lowest BCUT2D eigenvalue weighted by Gasteiger charge is -2.25. The highest BCUT2D eigenvalue weighted by Gasteiger charge is 2.19. The molecule has 0 radical (unpaired) electrons. The minimum absolute atomic E-state index is 0.0532. The molecular weight excluding hydrogens is 342 g/mol. The van der Waals surface area contributed by atoms with Crippen molar-refractivity contribution in [3.05, 3.63) is 48.0 Å². The standard InChI is InChI=1S/C21H29N3O3/c1-15(21(25)22-17-8-10-18(11-9-17)23(2)3)24(4)14-16-7-12-19(26-5)13-20(16)27-6/h7-13,15H,14H2,1-6H3,(H,22,25)/t15-/m0/s1. The highest BCUT2D eigenvalue weighted by molar-refractivity contribution is 5.94. The van der Waals surface area contributed by atoms with Gasteiger partial charge in [-0.25, -0.2) is 0 Å². The Labute approximate surface area is 161 Å². The summed E-state index contributed by atoms with van der Waals surface area (Å²) in [5.74, 6) is 1.43.